The maximum absolute atomic E-state index is 13.1. The van der Waals surface area contributed by atoms with E-state index in [9.17, 15) is 8.78 Å². The highest BCUT2D eigenvalue weighted by atomic mass is 19.3. The number of alkyl halides is 2. The minimum Gasteiger partial charge on any atom is -0.491 e. The van der Waals surface area contributed by atoms with E-state index in [0.29, 0.717) is 30.9 Å². The van der Waals surface area contributed by atoms with Gasteiger partial charge < -0.3 is 15.2 Å². The predicted octanol–water partition coefficient (Wildman–Crippen LogP) is 3.16. The Labute approximate surface area is 110 Å². The van der Waals surface area contributed by atoms with E-state index in [0.717, 1.165) is 17.7 Å². The average Bonchev–Trinajstić information content (AvgIpc) is 2.81. The molecule has 0 aromatic heterocycles. The largest absolute Gasteiger partial charge is 0.491 e. The lowest BCUT2D eigenvalue weighted by Crippen LogP contribution is -2.30. The van der Waals surface area contributed by atoms with E-state index < -0.39 is 5.92 Å². The number of hydrogen-bond acceptors (Lipinski definition) is 3. The standard InChI is InChI=1S/C14H17F2NO2/c15-14(16)4-1-10(2-5-14)19-11-7-9-3-6-18-13(9)12(17)8-11/h7-8,10H,1-6,17H2. The van der Waals surface area contributed by atoms with Crippen molar-refractivity contribution >= 4 is 5.69 Å². The molecule has 0 radical (unpaired) electrons. The monoisotopic (exact) mass is 269 g/mol. The molecule has 1 fully saturated rings. The van der Waals surface area contributed by atoms with Crippen molar-refractivity contribution in [1.29, 1.82) is 0 Å². The molecule has 5 heteroatoms. The second-order valence-corrected chi connectivity index (χ2v) is 5.27. The van der Waals surface area contributed by atoms with Crippen molar-refractivity contribution in [2.75, 3.05) is 12.3 Å². The molecule has 104 valence electrons. The summed E-state index contributed by atoms with van der Waals surface area (Å²) in [4.78, 5) is 0. The lowest BCUT2D eigenvalue weighted by Gasteiger charge is -2.28. The minimum atomic E-state index is -2.52. The number of benzene rings is 1. The maximum atomic E-state index is 13.1. The molecule has 19 heavy (non-hydrogen) atoms. The fraction of sp³-hybridized carbons (Fsp3) is 0.571. The Kier molecular flexibility index (Phi) is 2.99. The molecule has 0 spiro atoms. The van der Waals surface area contributed by atoms with Crippen molar-refractivity contribution in [1.82, 2.24) is 0 Å². The molecule has 1 saturated carbocycles. The van der Waals surface area contributed by atoms with E-state index in [1.54, 1.807) is 6.07 Å². The van der Waals surface area contributed by atoms with Crippen LogP contribution in [0, 0.1) is 0 Å². The van der Waals surface area contributed by atoms with Gasteiger partial charge in [0.05, 0.1) is 18.4 Å². The van der Waals surface area contributed by atoms with Crippen LogP contribution in [-0.4, -0.2) is 18.6 Å². The van der Waals surface area contributed by atoms with Gasteiger partial charge in [0.15, 0.2) is 0 Å². The van der Waals surface area contributed by atoms with Crippen LogP contribution in [0.4, 0.5) is 14.5 Å². The summed E-state index contributed by atoms with van der Waals surface area (Å²) in [6.07, 6.45) is 1.27. The van der Waals surface area contributed by atoms with Crippen LogP contribution in [0.2, 0.25) is 0 Å². The normalized spacial score (nSPS) is 21.8. The molecule has 0 unspecified atom stereocenters. The number of hydrogen-bond donors (Lipinski definition) is 1. The van der Waals surface area contributed by atoms with Gasteiger partial charge in [-0.25, -0.2) is 8.78 Å². The van der Waals surface area contributed by atoms with Crippen molar-refractivity contribution in [2.45, 2.75) is 44.1 Å². The summed E-state index contributed by atoms with van der Waals surface area (Å²) in [5.74, 6) is -1.12. The van der Waals surface area contributed by atoms with E-state index in [4.69, 9.17) is 15.2 Å². The Balaban J connectivity index is 1.69. The first-order chi connectivity index (χ1) is 9.03. The average molecular weight is 269 g/mol. The van der Waals surface area contributed by atoms with Gasteiger partial charge >= 0.3 is 0 Å². The van der Waals surface area contributed by atoms with Gasteiger partial charge in [-0.2, -0.15) is 0 Å². The van der Waals surface area contributed by atoms with E-state index >= 15 is 0 Å². The SMILES string of the molecule is Nc1cc(OC2CCC(F)(F)CC2)cc2c1OCC2. The molecular weight excluding hydrogens is 252 g/mol. The third kappa shape index (κ3) is 2.60. The number of rotatable bonds is 2. The summed E-state index contributed by atoms with van der Waals surface area (Å²) in [7, 11) is 0. The van der Waals surface area contributed by atoms with Gasteiger partial charge in [0.2, 0.25) is 5.92 Å². The van der Waals surface area contributed by atoms with Crippen molar-refractivity contribution in [2.24, 2.45) is 0 Å². The molecule has 1 aliphatic carbocycles. The fourth-order valence-electron chi connectivity index (χ4n) is 2.70. The minimum absolute atomic E-state index is 0.0960. The maximum Gasteiger partial charge on any atom is 0.248 e. The Morgan fingerprint density at radius 2 is 2.00 bits per heavy atom. The molecule has 1 aromatic rings. The number of nitrogen functional groups attached to an aromatic ring is 1. The van der Waals surface area contributed by atoms with Gasteiger partial charge in [0, 0.05) is 30.9 Å². The van der Waals surface area contributed by atoms with Crippen LogP contribution in [0.25, 0.3) is 0 Å². The van der Waals surface area contributed by atoms with E-state index in [-0.39, 0.29) is 18.9 Å². The van der Waals surface area contributed by atoms with Gasteiger partial charge in [0.1, 0.15) is 11.5 Å². The van der Waals surface area contributed by atoms with Crippen LogP contribution in [0.3, 0.4) is 0 Å². The zero-order chi connectivity index (χ0) is 13.5. The Morgan fingerprint density at radius 3 is 2.74 bits per heavy atom. The lowest BCUT2D eigenvalue weighted by molar-refractivity contribution is -0.0582. The fourth-order valence-corrected chi connectivity index (χ4v) is 2.70. The van der Waals surface area contributed by atoms with Gasteiger partial charge in [-0.3, -0.25) is 0 Å². The second-order valence-electron chi connectivity index (χ2n) is 5.27. The van der Waals surface area contributed by atoms with Crippen LogP contribution in [0.15, 0.2) is 12.1 Å². The van der Waals surface area contributed by atoms with Gasteiger partial charge in [-0.1, -0.05) is 0 Å². The summed E-state index contributed by atoms with van der Waals surface area (Å²) in [6, 6.07) is 3.63. The van der Waals surface area contributed by atoms with E-state index in [1.165, 1.54) is 0 Å². The first-order valence-corrected chi connectivity index (χ1v) is 6.63. The highest BCUT2D eigenvalue weighted by Gasteiger charge is 2.35. The smallest absolute Gasteiger partial charge is 0.248 e. The van der Waals surface area contributed by atoms with E-state index in [1.807, 2.05) is 6.07 Å². The third-order valence-corrected chi connectivity index (χ3v) is 3.75. The van der Waals surface area contributed by atoms with Crippen molar-refractivity contribution in [3.63, 3.8) is 0 Å². The summed E-state index contributed by atoms with van der Waals surface area (Å²) in [6.45, 7) is 0.638. The Bertz CT molecular complexity index is 481. The van der Waals surface area contributed by atoms with Crippen molar-refractivity contribution in [3.8, 4) is 11.5 Å². The summed E-state index contributed by atoms with van der Waals surface area (Å²) in [5, 5.41) is 0. The predicted molar refractivity (Wildman–Crippen MR) is 67.9 cm³/mol. The number of halogens is 2. The first kappa shape index (κ1) is 12.5. The molecule has 1 aliphatic heterocycles. The Morgan fingerprint density at radius 1 is 1.26 bits per heavy atom. The third-order valence-electron chi connectivity index (χ3n) is 3.75. The van der Waals surface area contributed by atoms with Crippen molar-refractivity contribution in [3.05, 3.63) is 17.7 Å². The molecule has 3 rings (SSSR count). The first-order valence-electron chi connectivity index (χ1n) is 6.63. The van der Waals surface area contributed by atoms with Gasteiger partial charge in [0.25, 0.3) is 0 Å². The summed E-state index contributed by atoms with van der Waals surface area (Å²) >= 11 is 0. The number of nitrogens with two attached hydrogens (primary N) is 1. The van der Waals surface area contributed by atoms with Crippen LogP contribution in [0.5, 0.6) is 11.5 Å². The summed E-state index contributed by atoms with van der Waals surface area (Å²) < 4.78 is 37.3. The van der Waals surface area contributed by atoms with Crippen molar-refractivity contribution < 1.29 is 18.3 Å². The van der Waals surface area contributed by atoms with Crippen LogP contribution in [-0.2, 0) is 6.42 Å². The molecule has 0 atom stereocenters. The molecule has 0 saturated heterocycles. The molecule has 1 heterocycles. The Hall–Kier alpha value is -1.52. The van der Waals surface area contributed by atoms with Gasteiger partial charge in [-0.05, 0) is 18.9 Å². The molecule has 0 amide bonds. The highest BCUT2D eigenvalue weighted by Crippen LogP contribution is 2.38. The number of ether oxygens (including phenoxy) is 2. The van der Waals surface area contributed by atoms with Crippen LogP contribution < -0.4 is 15.2 Å². The quantitative estimate of drug-likeness (QED) is 0.839. The molecular formula is C14H17F2NO2. The molecule has 2 N–H and O–H groups in total. The topological polar surface area (TPSA) is 44.5 Å². The molecule has 1 aromatic carbocycles. The van der Waals surface area contributed by atoms with Crippen LogP contribution >= 0.6 is 0 Å². The van der Waals surface area contributed by atoms with E-state index in [2.05, 4.69) is 0 Å². The molecule has 3 nitrogen and oxygen atoms in total. The lowest BCUT2D eigenvalue weighted by atomic mass is 9.94. The highest BCUT2D eigenvalue weighted by molar-refractivity contribution is 5.62. The zero-order valence-corrected chi connectivity index (χ0v) is 10.6. The second kappa shape index (κ2) is 4.54. The molecule has 0 bridgehead atoms. The number of anilines is 1. The number of fused-ring (bicyclic) bond motifs is 1. The summed E-state index contributed by atoms with van der Waals surface area (Å²) in [5.41, 5.74) is 7.50. The van der Waals surface area contributed by atoms with Crippen LogP contribution in [0.1, 0.15) is 31.2 Å². The molecule has 2 aliphatic rings. The van der Waals surface area contributed by atoms with Gasteiger partial charge in [-0.15, -0.1) is 0 Å². The zero-order valence-electron chi connectivity index (χ0n) is 10.6.